The molecule has 0 spiro atoms. The normalized spacial score (nSPS) is 23.1. The van der Waals surface area contributed by atoms with Gasteiger partial charge in [0.25, 0.3) is 5.91 Å². The Morgan fingerprint density at radius 3 is 2.34 bits per heavy atom. The number of hydrogen-bond acceptors (Lipinski definition) is 9. The Bertz CT molecular complexity index is 2080. The number of likely N-dealkylation sites (tertiary alicyclic amines) is 1. The van der Waals surface area contributed by atoms with Gasteiger partial charge in [-0.15, -0.1) is 19.7 Å². The zero-order chi connectivity index (χ0) is 43.2. The Labute approximate surface area is 348 Å². The van der Waals surface area contributed by atoms with Crippen LogP contribution in [-0.2, 0) is 39.5 Å². The lowest BCUT2D eigenvalue weighted by atomic mass is 9.88. The summed E-state index contributed by atoms with van der Waals surface area (Å²) in [5.74, 6) is -1.93. The van der Waals surface area contributed by atoms with E-state index in [1.807, 2.05) is 50.3 Å². The molecule has 59 heavy (non-hydrogen) atoms. The van der Waals surface area contributed by atoms with Gasteiger partial charge in [0.05, 0.1) is 25.5 Å². The summed E-state index contributed by atoms with van der Waals surface area (Å²) in [7, 11) is -0.827. The first-order valence-electron chi connectivity index (χ1n) is 20.3. The third-order valence-electron chi connectivity index (χ3n) is 11.8. The van der Waals surface area contributed by atoms with Gasteiger partial charge in [0.1, 0.15) is 29.0 Å². The van der Waals surface area contributed by atoms with Crippen molar-refractivity contribution in [1.82, 2.24) is 20.3 Å². The number of hydrogen-bond donors (Lipinski definition) is 3. The molecule has 1 saturated heterocycles. The van der Waals surface area contributed by atoms with Crippen molar-refractivity contribution in [3.8, 4) is 5.75 Å². The van der Waals surface area contributed by atoms with Crippen molar-refractivity contribution in [2.24, 2.45) is 11.3 Å². The van der Waals surface area contributed by atoms with Crippen LogP contribution in [0.15, 0.2) is 74.9 Å². The van der Waals surface area contributed by atoms with E-state index < -0.39 is 68.2 Å². The molecule has 5 atom stereocenters. The highest BCUT2D eigenvalue weighted by Crippen LogP contribution is 2.47. The van der Waals surface area contributed by atoms with Gasteiger partial charge < -0.3 is 29.7 Å². The Balaban J connectivity index is 1.51. The molecule has 2 saturated carbocycles. The van der Waals surface area contributed by atoms with Crippen molar-refractivity contribution in [2.75, 3.05) is 27.4 Å². The van der Waals surface area contributed by atoms with E-state index >= 15 is 0 Å². The summed E-state index contributed by atoms with van der Waals surface area (Å²) in [5, 5.41) is 6.72. The molecule has 2 aliphatic carbocycles. The summed E-state index contributed by atoms with van der Waals surface area (Å²) in [6.07, 6.45) is 10.9. The number of carbonyl (C=O) groups is 4. The van der Waals surface area contributed by atoms with Gasteiger partial charge in [0.15, 0.2) is 0 Å². The molecule has 0 radical (unpaired) electrons. The number of benzene rings is 2. The molecule has 3 aliphatic rings. The van der Waals surface area contributed by atoms with Crippen LogP contribution in [0.25, 0.3) is 16.8 Å². The molecule has 1 heterocycles. The largest absolute Gasteiger partial charge is 0.496 e. The predicted octanol–water partition coefficient (Wildman–Crippen LogP) is 6.44. The quantitative estimate of drug-likeness (QED) is 0.0894. The number of unbranched alkanes of at least 4 members (excludes halogenated alkanes) is 3. The molecule has 3 N–H and O–H groups in total. The molecule has 3 fully saturated rings. The number of allylic oxidation sites excluding steroid dienone is 2. The van der Waals surface area contributed by atoms with Crippen LogP contribution in [0, 0.1) is 11.3 Å². The van der Waals surface area contributed by atoms with Crippen molar-refractivity contribution >= 4 is 50.7 Å². The van der Waals surface area contributed by atoms with Crippen molar-refractivity contribution in [3.63, 3.8) is 0 Å². The first kappa shape index (κ1) is 45.1. The molecular formula is C45H60N4O9S. The SMILES string of the molecule is C=CCCCCC[C@H](NC(=O)OCC(C)(C)CC=C)C(=O)N1C[C@](OC)(c2ccc3cc(OC)c(C=C)cc3c2)C[C@H]1C(=O)N[C@@]1(C(=O)NS(=O)(=O)C2CC2)C[C@H]1C=C. The second-order valence-electron chi connectivity index (χ2n) is 16.8. The van der Waals surface area contributed by atoms with Gasteiger partial charge in [-0.05, 0) is 79.5 Å². The number of alkyl carbamates (subject to hydrolysis) is 1. The minimum Gasteiger partial charge on any atom is -0.496 e. The van der Waals surface area contributed by atoms with Crippen LogP contribution >= 0.6 is 0 Å². The van der Waals surface area contributed by atoms with Crippen LogP contribution in [-0.4, -0.2) is 87.4 Å². The van der Waals surface area contributed by atoms with E-state index in [1.54, 1.807) is 19.3 Å². The highest BCUT2D eigenvalue weighted by atomic mass is 32.2. The van der Waals surface area contributed by atoms with Crippen molar-refractivity contribution in [3.05, 3.63) is 86.0 Å². The fourth-order valence-electron chi connectivity index (χ4n) is 7.91. The van der Waals surface area contributed by atoms with Crippen molar-refractivity contribution in [2.45, 2.75) is 107 Å². The van der Waals surface area contributed by atoms with Crippen LogP contribution in [0.5, 0.6) is 5.75 Å². The number of nitrogens with one attached hydrogen (secondary N) is 3. The molecule has 320 valence electrons. The van der Waals surface area contributed by atoms with E-state index in [1.165, 1.54) is 18.1 Å². The Morgan fingerprint density at radius 1 is 0.983 bits per heavy atom. The lowest BCUT2D eigenvalue weighted by molar-refractivity contribution is -0.141. The third-order valence-corrected chi connectivity index (χ3v) is 13.6. The molecule has 2 aromatic rings. The fraction of sp³-hybridized carbons (Fsp3) is 0.511. The fourth-order valence-corrected chi connectivity index (χ4v) is 9.28. The maximum Gasteiger partial charge on any atom is 0.407 e. The van der Waals surface area contributed by atoms with Crippen molar-refractivity contribution in [1.29, 1.82) is 0 Å². The Kier molecular flexibility index (Phi) is 14.2. The summed E-state index contributed by atoms with van der Waals surface area (Å²) in [6.45, 7) is 19.2. The number of amides is 4. The topological polar surface area (TPSA) is 169 Å². The number of methoxy groups -OCH3 is 2. The van der Waals surface area contributed by atoms with Gasteiger partial charge in [-0.2, -0.15) is 0 Å². The minimum absolute atomic E-state index is 0.0138. The monoisotopic (exact) mass is 832 g/mol. The van der Waals surface area contributed by atoms with Crippen LogP contribution in [0.4, 0.5) is 4.79 Å². The number of nitrogens with zero attached hydrogens (tertiary/aromatic N) is 1. The number of fused-ring (bicyclic) bond motifs is 1. The first-order valence-corrected chi connectivity index (χ1v) is 21.8. The Hall–Kier alpha value is -4.95. The molecule has 14 heteroatoms. The predicted molar refractivity (Wildman–Crippen MR) is 229 cm³/mol. The van der Waals surface area contributed by atoms with E-state index in [0.717, 1.165) is 35.6 Å². The van der Waals surface area contributed by atoms with Gasteiger partial charge in [-0.1, -0.05) is 69.7 Å². The third kappa shape index (κ3) is 10.3. The zero-order valence-corrected chi connectivity index (χ0v) is 35.7. The maximum absolute atomic E-state index is 14.9. The minimum atomic E-state index is -3.93. The summed E-state index contributed by atoms with van der Waals surface area (Å²) >= 11 is 0. The average Bonchev–Trinajstić information content (AvgIpc) is 4.15. The second-order valence-corrected chi connectivity index (χ2v) is 18.7. The standard InChI is InChI=1S/C45H60N4O9S/c1-9-13-14-15-16-17-36(46-42(53)58-29-43(5,6)22-10-2)40(51)49-28-44(57-8,34-19-18-31-25-38(56-7)30(11-3)23-32(31)24-34)27-37(49)39(50)47-45(26-33(45)12-4)41(52)48-59(54,55)35-20-21-35/h9-12,18-19,23-25,33,35-37H,1-4,13-17,20-22,26-29H2,5-8H3,(H,46,53)(H,47,50)(H,48,52)/t33-,36+,37+,44+,45+/m1/s1. The molecule has 0 unspecified atom stereocenters. The maximum atomic E-state index is 14.9. The molecule has 13 nitrogen and oxygen atoms in total. The number of ether oxygens (including phenoxy) is 3. The van der Waals surface area contributed by atoms with E-state index in [0.29, 0.717) is 37.0 Å². The summed E-state index contributed by atoms with van der Waals surface area (Å²) in [4.78, 5) is 58.0. The molecule has 1 aliphatic heterocycles. The van der Waals surface area contributed by atoms with E-state index in [4.69, 9.17) is 14.2 Å². The lowest BCUT2D eigenvalue weighted by Gasteiger charge is -2.31. The second kappa shape index (κ2) is 18.5. The number of carbonyl (C=O) groups excluding carboxylic acids is 4. The molecule has 4 amide bonds. The van der Waals surface area contributed by atoms with E-state index in [2.05, 4.69) is 41.7 Å². The Morgan fingerprint density at radius 2 is 1.73 bits per heavy atom. The first-order chi connectivity index (χ1) is 28.0. The number of sulfonamides is 1. The smallest absolute Gasteiger partial charge is 0.407 e. The average molecular weight is 833 g/mol. The zero-order valence-electron chi connectivity index (χ0n) is 34.8. The highest BCUT2D eigenvalue weighted by Gasteiger charge is 2.62. The van der Waals surface area contributed by atoms with Crippen LogP contribution in [0.3, 0.4) is 0 Å². The molecule has 0 bridgehead atoms. The van der Waals surface area contributed by atoms with Crippen LogP contribution < -0.4 is 20.1 Å². The lowest BCUT2D eigenvalue weighted by Crippen LogP contribution is -2.58. The number of rotatable bonds is 22. The summed E-state index contributed by atoms with van der Waals surface area (Å²) < 4.78 is 45.3. The van der Waals surface area contributed by atoms with Gasteiger partial charge in [-0.25, -0.2) is 13.2 Å². The van der Waals surface area contributed by atoms with Gasteiger partial charge in [0, 0.05) is 30.4 Å². The van der Waals surface area contributed by atoms with Gasteiger partial charge >= 0.3 is 6.09 Å². The van der Waals surface area contributed by atoms with Gasteiger partial charge in [-0.3, -0.25) is 19.1 Å². The molecule has 5 rings (SSSR count). The van der Waals surface area contributed by atoms with E-state index in [9.17, 15) is 27.6 Å². The van der Waals surface area contributed by atoms with Crippen LogP contribution in [0.2, 0.25) is 0 Å². The van der Waals surface area contributed by atoms with Crippen molar-refractivity contribution < 1.29 is 41.8 Å². The summed E-state index contributed by atoms with van der Waals surface area (Å²) in [5.41, 5.74) is -1.71. The van der Waals surface area contributed by atoms with Gasteiger partial charge in [0.2, 0.25) is 21.8 Å². The molecule has 2 aromatic carbocycles. The highest BCUT2D eigenvalue weighted by molar-refractivity contribution is 7.91. The molecule has 0 aromatic heterocycles. The van der Waals surface area contributed by atoms with E-state index in [-0.39, 0.29) is 37.8 Å². The van der Waals surface area contributed by atoms with Crippen LogP contribution in [0.1, 0.15) is 89.2 Å². The summed E-state index contributed by atoms with van der Waals surface area (Å²) in [6, 6.07) is 7.31. The molecular weight excluding hydrogens is 773 g/mol.